The van der Waals surface area contributed by atoms with Crippen molar-refractivity contribution in [1.82, 2.24) is 9.55 Å². The van der Waals surface area contributed by atoms with Crippen molar-refractivity contribution < 1.29 is 27.4 Å². The fourth-order valence-electron chi connectivity index (χ4n) is 4.95. The van der Waals surface area contributed by atoms with Gasteiger partial charge in [0, 0.05) is 32.6 Å². The summed E-state index contributed by atoms with van der Waals surface area (Å²) in [4.78, 5) is 16.4. The summed E-state index contributed by atoms with van der Waals surface area (Å²) < 4.78 is 52.8. The molecule has 1 aliphatic carbocycles. The Balaban J connectivity index is 1.42. The highest BCUT2D eigenvalue weighted by molar-refractivity contribution is 6.76. The molecule has 5 nitrogen and oxygen atoms in total. The minimum atomic E-state index is -4.43. The van der Waals surface area contributed by atoms with Crippen LogP contribution < -0.4 is 0 Å². The lowest BCUT2D eigenvalue weighted by atomic mass is 9.83. The average molecular weight is 585 g/mol. The van der Waals surface area contributed by atoms with Crippen molar-refractivity contribution in [3.63, 3.8) is 0 Å². The molecule has 0 saturated heterocycles. The largest absolute Gasteiger partial charge is 0.466 e. The van der Waals surface area contributed by atoms with Crippen molar-refractivity contribution in [2.24, 2.45) is 0 Å². The second kappa shape index (κ2) is 13.2. The van der Waals surface area contributed by atoms with Crippen LogP contribution in [-0.4, -0.2) is 36.8 Å². The average Bonchev–Trinajstić information content (AvgIpc) is 3.36. The van der Waals surface area contributed by atoms with Crippen LogP contribution in [0.4, 0.5) is 13.2 Å². The Kier molecular flexibility index (Phi) is 9.91. The van der Waals surface area contributed by atoms with Crippen LogP contribution in [0.5, 0.6) is 0 Å². The van der Waals surface area contributed by atoms with Gasteiger partial charge in [0.25, 0.3) is 0 Å². The molecule has 9 heteroatoms. The summed E-state index contributed by atoms with van der Waals surface area (Å²) in [7, 11) is -1.30. The van der Waals surface area contributed by atoms with Gasteiger partial charge >= 0.3 is 12.1 Å². The molecule has 0 spiro atoms. The number of halogens is 3. The Morgan fingerprint density at radius 2 is 1.88 bits per heavy atom. The number of carbonyl (C=O) groups is 1. The predicted molar refractivity (Wildman–Crippen MR) is 158 cm³/mol. The van der Waals surface area contributed by atoms with Crippen LogP contribution in [-0.2, 0) is 33.6 Å². The number of hydrogen-bond acceptors (Lipinski definition) is 4. The third-order valence-corrected chi connectivity index (χ3v) is 9.06. The van der Waals surface area contributed by atoms with Gasteiger partial charge in [-0.15, -0.1) is 0 Å². The number of ether oxygens (including phenoxy) is 2. The van der Waals surface area contributed by atoms with E-state index >= 15 is 0 Å². The topological polar surface area (TPSA) is 53.4 Å². The van der Waals surface area contributed by atoms with Crippen LogP contribution in [0, 0.1) is 0 Å². The van der Waals surface area contributed by atoms with Gasteiger partial charge in [-0.05, 0) is 73.0 Å². The minimum absolute atomic E-state index is 0.0635. The van der Waals surface area contributed by atoms with Gasteiger partial charge in [-0.1, -0.05) is 50.0 Å². The normalized spacial score (nSPS) is 16.0. The monoisotopic (exact) mass is 584 g/mol. The van der Waals surface area contributed by atoms with Gasteiger partial charge in [-0.2, -0.15) is 13.2 Å². The summed E-state index contributed by atoms with van der Waals surface area (Å²) in [5.41, 5.74) is 4.54. The zero-order valence-corrected chi connectivity index (χ0v) is 25.3. The number of benzene rings is 1. The second-order valence-corrected chi connectivity index (χ2v) is 17.4. The number of aromatic nitrogens is 2. The first-order valence-electron chi connectivity index (χ1n) is 14.2. The van der Waals surface area contributed by atoms with Crippen molar-refractivity contribution in [1.29, 1.82) is 0 Å². The van der Waals surface area contributed by atoms with E-state index in [4.69, 9.17) is 9.47 Å². The van der Waals surface area contributed by atoms with Gasteiger partial charge in [0.15, 0.2) is 0 Å². The predicted octanol–water partition coefficient (Wildman–Crippen LogP) is 8.34. The van der Waals surface area contributed by atoms with Gasteiger partial charge in [0.2, 0.25) is 0 Å². The number of allylic oxidation sites excluding steroid dienone is 2. The van der Waals surface area contributed by atoms with E-state index in [0.29, 0.717) is 30.4 Å². The maximum Gasteiger partial charge on any atom is 0.417 e. The van der Waals surface area contributed by atoms with E-state index in [1.54, 1.807) is 13.1 Å². The van der Waals surface area contributed by atoms with E-state index in [2.05, 4.69) is 42.8 Å². The highest BCUT2D eigenvalue weighted by Crippen LogP contribution is 2.37. The van der Waals surface area contributed by atoms with Gasteiger partial charge in [0.05, 0.1) is 30.0 Å². The van der Waals surface area contributed by atoms with E-state index < -0.39 is 19.8 Å². The molecule has 4 rings (SSSR count). The Hall–Kier alpha value is -3.17. The third kappa shape index (κ3) is 8.66. The van der Waals surface area contributed by atoms with E-state index in [9.17, 15) is 18.0 Å². The Bertz CT molecular complexity index is 1340. The first kappa shape index (κ1) is 30.8. The quantitative estimate of drug-likeness (QED) is 0.129. The molecule has 0 saturated carbocycles. The molecule has 3 aromatic rings. The van der Waals surface area contributed by atoms with Crippen molar-refractivity contribution in [3.8, 4) is 11.3 Å². The Labute approximate surface area is 241 Å². The molecule has 41 heavy (non-hydrogen) atoms. The highest BCUT2D eigenvalue weighted by Gasteiger charge is 2.33. The molecule has 0 amide bonds. The van der Waals surface area contributed by atoms with E-state index in [0.717, 1.165) is 48.3 Å². The molecule has 2 heterocycles. The van der Waals surface area contributed by atoms with Crippen molar-refractivity contribution >= 4 is 19.6 Å². The molecular formula is C32H39F3N2O3Si. The highest BCUT2D eigenvalue weighted by atomic mass is 28.3. The smallest absolute Gasteiger partial charge is 0.417 e. The molecule has 220 valence electrons. The maximum atomic E-state index is 13.5. The number of carbonyl (C=O) groups excluding carboxylic acids is 1. The SMILES string of the molecule is CCOC(=O)Cc1ccc(C2CC=C(c3ccc(-c4cc(C(F)(F)F)cn4COCC[Si](C)(C)C)cn3)CC2)cc1. The van der Waals surface area contributed by atoms with E-state index in [-0.39, 0.29) is 19.1 Å². The van der Waals surface area contributed by atoms with Gasteiger partial charge in [0.1, 0.15) is 6.73 Å². The molecule has 0 radical (unpaired) electrons. The number of hydrogen-bond donors (Lipinski definition) is 0. The molecular weight excluding hydrogens is 545 g/mol. The summed E-state index contributed by atoms with van der Waals surface area (Å²) in [6.07, 6.45) is 3.53. The van der Waals surface area contributed by atoms with E-state index in [1.807, 2.05) is 24.3 Å². The van der Waals surface area contributed by atoms with Crippen LogP contribution in [0.25, 0.3) is 16.8 Å². The first-order chi connectivity index (χ1) is 19.4. The molecule has 1 aromatic carbocycles. The maximum absolute atomic E-state index is 13.5. The van der Waals surface area contributed by atoms with Crippen molar-refractivity contribution in [3.05, 3.63) is 83.3 Å². The fourth-order valence-corrected chi connectivity index (χ4v) is 5.71. The number of rotatable bonds is 11. The van der Waals surface area contributed by atoms with Crippen molar-refractivity contribution in [2.45, 2.75) is 77.1 Å². The van der Waals surface area contributed by atoms with Crippen molar-refractivity contribution in [2.75, 3.05) is 13.2 Å². The van der Waals surface area contributed by atoms with Gasteiger partial charge in [-0.3, -0.25) is 9.78 Å². The Morgan fingerprint density at radius 3 is 2.46 bits per heavy atom. The summed E-state index contributed by atoms with van der Waals surface area (Å²) in [6, 6.07) is 14.0. The summed E-state index contributed by atoms with van der Waals surface area (Å²) in [5.74, 6) is 0.170. The van der Waals surface area contributed by atoms with E-state index in [1.165, 1.54) is 16.2 Å². The lowest BCUT2D eigenvalue weighted by Crippen LogP contribution is -2.22. The molecule has 0 N–H and O–H groups in total. The molecule has 0 fully saturated rings. The Morgan fingerprint density at radius 1 is 1.12 bits per heavy atom. The molecule has 1 atom stereocenters. The zero-order chi connectivity index (χ0) is 29.6. The first-order valence-corrected chi connectivity index (χ1v) is 17.9. The zero-order valence-electron chi connectivity index (χ0n) is 24.3. The van der Waals surface area contributed by atoms with Crippen LogP contribution in [0.15, 0.2) is 60.9 Å². The molecule has 1 aliphatic rings. The second-order valence-electron chi connectivity index (χ2n) is 11.8. The lowest BCUT2D eigenvalue weighted by molar-refractivity contribution is -0.142. The molecule has 0 aliphatic heterocycles. The van der Waals surface area contributed by atoms with Crippen LogP contribution >= 0.6 is 0 Å². The standard InChI is InChI=1S/C32H39F3N2O3Si/c1-5-40-31(38)18-23-6-8-24(9-7-23)25-10-12-26(13-11-25)29-15-14-27(20-36-29)30-19-28(32(33,34)35)21-37(30)22-39-16-17-41(2,3)4/h6-9,12,14-15,19-21,25H,5,10-11,13,16-18,22H2,1-4H3. The summed E-state index contributed by atoms with van der Waals surface area (Å²) in [6.45, 7) is 9.48. The van der Waals surface area contributed by atoms with Crippen LogP contribution in [0.1, 0.15) is 54.5 Å². The molecule has 0 bridgehead atoms. The number of esters is 1. The van der Waals surface area contributed by atoms with Gasteiger partial charge in [-0.25, -0.2) is 0 Å². The summed E-state index contributed by atoms with van der Waals surface area (Å²) >= 11 is 0. The minimum Gasteiger partial charge on any atom is -0.466 e. The van der Waals surface area contributed by atoms with Crippen LogP contribution in [0.2, 0.25) is 25.7 Å². The van der Waals surface area contributed by atoms with Crippen LogP contribution in [0.3, 0.4) is 0 Å². The van der Waals surface area contributed by atoms with Gasteiger partial charge < -0.3 is 14.0 Å². The molecule has 2 aromatic heterocycles. The fraction of sp³-hybridized carbons (Fsp3) is 0.438. The number of pyridine rings is 1. The number of alkyl halides is 3. The molecule has 1 unspecified atom stereocenters. The number of nitrogens with zero attached hydrogens (tertiary/aromatic N) is 2. The summed E-state index contributed by atoms with van der Waals surface area (Å²) in [5, 5.41) is 0. The lowest BCUT2D eigenvalue weighted by Gasteiger charge is -2.22. The third-order valence-electron chi connectivity index (χ3n) is 7.35.